The number of carbonyl (C=O) groups is 1. The number of aromatic nitrogens is 1. The van der Waals surface area contributed by atoms with E-state index in [1.165, 1.54) is 7.11 Å². The van der Waals surface area contributed by atoms with Crippen molar-refractivity contribution in [1.29, 1.82) is 0 Å². The van der Waals surface area contributed by atoms with Gasteiger partial charge in [0.15, 0.2) is 0 Å². The fourth-order valence-corrected chi connectivity index (χ4v) is 2.14. The molecule has 0 saturated heterocycles. The summed E-state index contributed by atoms with van der Waals surface area (Å²) < 4.78 is 6.53. The van der Waals surface area contributed by atoms with Gasteiger partial charge in [0.2, 0.25) is 0 Å². The molecular formula is C12H12ClNO2. The van der Waals surface area contributed by atoms with Gasteiger partial charge in [-0.1, -0.05) is 17.7 Å². The molecule has 0 radical (unpaired) electrons. The van der Waals surface area contributed by atoms with E-state index in [9.17, 15) is 4.79 Å². The third kappa shape index (κ3) is 1.48. The van der Waals surface area contributed by atoms with Crippen molar-refractivity contribution >= 4 is 28.5 Å². The number of ether oxygens (including phenoxy) is 1. The van der Waals surface area contributed by atoms with Crippen molar-refractivity contribution in [3.63, 3.8) is 0 Å². The molecule has 0 fully saturated rings. The highest BCUT2D eigenvalue weighted by Gasteiger charge is 2.16. The maximum Gasteiger partial charge on any atom is 0.354 e. The van der Waals surface area contributed by atoms with Gasteiger partial charge in [-0.25, -0.2) is 4.79 Å². The topological polar surface area (TPSA) is 31.2 Å². The summed E-state index contributed by atoms with van der Waals surface area (Å²) in [6, 6.07) is 5.53. The van der Waals surface area contributed by atoms with E-state index < -0.39 is 0 Å². The molecule has 1 aromatic heterocycles. The number of hydrogen-bond acceptors (Lipinski definition) is 2. The zero-order valence-electron chi connectivity index (χ0n) is 9.37. The van der Waals surface area contributed by atoms with Gasteiger partial charge in [0.25, 0.3) is 0 Å². The lowest BCUT2D eigenvalue weighted by atomic mass is 10.1. The molecule has 2 rings (SSSR count). The van der Waals surface area contributed by atoms with Crippen LogP contribution in [0.3, 0.4) is 0 Å². The SMILES string of the molecule is COC(=O)c1cc2c(Cl)ccc(C)c2n1C. The van der Waals surface area contributed by atoms with E-state index in [4.69, 9.17) is 16.3 Å². The minimum Gasteiger partial charge on any atom is -0.464 e. The van der Waals surface area contributed by atoms with Gasteiger partial charge in [-0.3, -0.25) is 0 Å². The quantitative estimate of drug-likeness (QED) is 0.714. The van der Waals surface area contributed by atoms with Crippen LogP contribution >= 0.6 is 11.6 Å². The molecule has 0 bridgehead atoms. The average molecular weight is 238 g/mol. The van der Waals surface area contributed by atoms with Crippen LogP contribution in [0.15, 0.2) is 18.2 Å². The lowest BCUT2D eigenvalue weighted by Crippen LogP contribution is -2.07. The number of fused-ring (bicyclic) bond motifs is 1. The van der Waals surface area contributed by atoms with Gasteiger partial charge >= 0.3 is 5.97 Å². The number of halogens is 1. The van der Waals surface area contributed by atoms with Crippen molar-refractivity contribution < 1.29 is 9.53 Å². The van der Waals surface area contributed by atoms with Crippen molar-refractivity contribution in [1.82, 2.24) is 4.57 Å². The number of hydrogen-bond donors (Lipinski definition) is 0. The Morgan fingerprint density at radius 1 is 1.44 bits per heavy atom. The Labute approximate surface area is 98.6 Å². The van der Waals surface area contributed by atoms with Crippen LogP contribution in [0.25, 0.3) is 10.9 Å². The minimum atomic E-state index is -0.353. The first-order valence-electron chi connectivity index (χ1n) is 4.89. The highest BCUT2D eigenvalue weighted by molar-refractivity contribution is 6.35. The molecule has 0 saturated carbocycles. The van der Waals surface area contributed by atoms with E-state index >= 15 is 0 Å². The Bertz CT molecular complexity index is 572. The highest BCUT2D eigenvalue weighted by Crippen LogP contribution is 2.29. The van der Waals surface area contributed by atoms with Crippen LogP contribution in [0.2, 0.25) is 5.02 Å². The Hall–Kier alpha value is -1.48. The highest BCUT2D eigenvalue weighted by atomic mass is 35.5. The van der Waals surface area contributed by atoms with Crippen molar-refractivity contribution in [2.75, 3.05) is 7.11 Å². The molecule has 0 aliphatic heterocycles. The summed E-state index contributed by atoms with van der Waals surface area (Å²) in [6.45, 7) is 1.99. The van der Waals surface area contributed by atoms with E-state index in [1.807, 2.05) is 30.7 Å². The molecule has 0 aliphatic rings. The maximum absolute atomic E-state index is 11.5. The Balaban J connectivity index is 2.82. The van der Waals surface area contributed by atoms with Gasteiger partial charge in [-0.05, 0) is 24.6 Å². The molecule has 0 atom stereocenters. The molecule has 0 N–H and O–H groups in total. The predicted molar refractivity (Wildman–Crippen MR) is 64.0 cm³/mol. The second-order valence-electron chi connectivity index (χ2n) is 3.71. The summed E-state index contributed by atoms with van der Waals surface area (Å²) in [4.78, 5) is 11.5. The molecule has 4 heteroatoms. The molecule has 16 heavy (non-hydrogen) atoms. The monoisotopic (exact) mass is 237 g/mol. The zero-order valence-corrected chi connectivity index (χ0v) is 10.1. The number of esters is 1. The van der Waals surface area contributed by atoms with Gasteiger partial charge in [0, 0.05) is 17.5 Å². The fraction of sp³-hybridized carbons (Fsp3) is 0.250. The van der Waals surface area contributed by atoms with Crippen LogP contribution in [0.1, 0.15) is 16.1 Å². The summed E-state index contributed by atoms with van der Waals surface area (Å²) in [5.74, 6) is -0.353. The van der Waals surface area contributed by atoms with Crippen molar-refractivity contribution in [3.8, 4) is 0 Å². The first kappa shape index (κ1) is 11.0. The van der Waals surface area contributed by atoms with E-state index in [-0.39, 0.29) is 5.97 Å². The largest absolute Gasteiger partial charge is 0.464 e. The number of aryl methyl sites for hydroxylation is 2. The molecular weight excluding hydrogens is 226 g/mol. The third-order valence-electron chi connectivity index (χ3n) is 2.74. The van der Waals surface area contributed by atoms with Crippen LogP contribution in [0.4, 0.5) is 0 Å². The number of rotatable bonds is 1. The molecule has 0 spiro atoms. The molecule has 84 valence electrons. The molecule has 0 unspecified atom stereocenters. The lowest BCUT2D eigenvalue weighted by Gasteiger charge is -2.04. The fourth-order valence-electron chi connectivity index (χ4n) is 1.93. The summed E-state index contributed by atoms with van der Waals surface area (Å²) in [7, 11) is 3.20. The number of benzene rings is 1. The number of carbonyl (C=O) groups excluding carboxylic acids is 1. The van der Waals surface area contributed by atoms with Crippen LogP contribution in [0.5, 0.6) is 0 Å². The Morgan fingerprint density at radius 3 is 2.69 bits per heavy atom. The summed E-state index contributed by atoms with van der Waals surface area (Å²) in [5.41, 5.74) is 2.55. The summed E-state index contributed by atoms with van der Waals surface area (Å²) >= 11 is 6.10. The number of nitrogens with zero attached hydrogens (tertiary/aromatic N) is 1. The standard InChI is InChI=1S/C12H12ClNO2/c1-7-4-5-9(13)8-6-10(12(15)16-3)14(2)11(7)8/h4-6H,1-3H3. The van der Waals surface area contributed by atoms with Crippen molar-refractivity contribution in [3.05, 3.63) is 34.5 Å². The second-order valence-corrected chi connectivity index (χ2v) is 4.11. The average Bonchev–Trinajstić information content (AvgIpc) is 2.62. The molecule has 0 amide bonds. The predicted octanol–water partition coefficient (Wildman–Crippen LogP) is 2.93. The minimum absolute atomic E-state index is 0.353. The molecule has 3 nitrogen and oxygen atoms in total. The van der Waals surface area contributed by atoms with E-state index in [0.717, 1.165) is 16.5 Å². The molecule has 1 heterocycles. The zero-order chi connectivity index (χ0) is 11.9. The Kier molecular flexibility index (Phi) is 2.64. The van der Waals surface area contributed by atoms with Crippen molar-refractivity contribution in [2.45, 2.75) is 6.92 Å². The summed E-state index contributed by atoms with van der Waals surface area (Å²) in [5, 5.41) is 1.52. The smallest absolute Gasteiger partial charge is 0.354 e. The normalized spacial score (nSPS) is 10.8. The Morgan fingerprint density at radius 2 is 2.12 bits per heavy atom. The van der Waals surface area contributed by atoms with Crippen LogP contribution in [-0.4, -0.2) is 17.6 Å². The van der Waals surface area contributed by atoms with Gasteiger partial charge in [-0.2, -0.15) is 0 Å². The van der Waals surface area contributed by atoms with Gasteiger partial charge < -0.3 is 9.30 Å². The van der Waals surface area contributed by atoms with Gasteiger partial charge in [-0.15, -0.1) is 0 Å². The third-order valence-corrected chi connectivity index (χ3v) is 3.07. The van der Waals surface area contributed by atoms with E-state index in [2.05, 4.69) is 0 Å². The lowest BCUT2D eigenvalue weighted by molar-refractivity contribution is 0.0590. The second kappa shape index (κ2) is 3.83. The van der Waals surface area contributed by atoms with Crippen LogP contribution < -0.4 is 0 Å². The number of methoxy groups -OCH3 is 1. The van der Waals surface area contributed by atoms with Crippen LogP contribution in [-0.2, 0) is 11.8 Å². The molecule has 0 aliphatic carbocycles. The molecule has 2 aromatic rings. The maximum atomic E-state index is 11.5. The van der Waals surface area contributed by atoms with Gasteiger partial charge in [0.05, 0.1) is 12.6 Å². The summed E-state index contributed by atoms with van der Waals surface area (Å²) in [6.07, 6.45) is 0. The van der Waals surface area contributed by atoms with Gasteiger partial charge in [0.1, 0.15) is 5.69 Å². The van der Waals surface area contributed by atoms with Crippen molar-refractivity contribution in [2.24, 2.45) is 7.05 Å². The van der Waals surface area contributed by atoms with E-state index in [0.29, 0.717) is 10.7 Å². The van der Waals surface area contributed by atoms with Crippen LogP contribution in [0, 0.1) is 6.92 Å². The molecule has 1 aromatic carbocycles. The first-order chi connectivity index (χ1) is 7.56. The van der Waals surface area contributed by atoms with E-state index in [1.54, 1.807) is 6.07 Å². The first-order valence-corrected chi connectivity index (χ1v) is 5.27.